The molecule has 0 fully saturated rings. The smallest absolute Gasteiger partial charge is 0.508 e. The Morgan fingerprint density at radius 2 is 1.52 bits per heavy atom. The molecule has 148 valence electrons. The molecule has 0 aliphatic heterocycles. The number of allylic oxidation sites excluding steroid dienone is 1. The number of carbonyl (C=O) groups is 3. The Labute approximate surface area is 175 Å². The van der Waals surface area contributed by atoms with E-state index >= 15 is 0 Å². The molecule has 2 N–H and O–H groups in total. The summed E-state index contributed by atoms with van der Waals surface area (Å²) in [5, 5.41) is 21.7. The van der Waals surface area contributed by atoms with E-state index in [1.807, 2.05) is 41.5 Å². The van der Waals surface area contributed by atoms with Gasteiger partial charge in [-0.25, -0.2) is 0 Å². The Balaban J connectivity index is 0.00000676. The minimum atomic E-state index is -2.26. The van der Waals surface area contributed by atoms with Gasteiger partial charge in [0.1, 0.15) is 11.3 Å². The van der Waals surface area contributed by atoms with Crippen molar-refractivity contribution in [3.8, 4) is 0 Å². The number of aliphatic hydroxyl groups is 2. The van der Waals surface area contributed by atoms with Gasteiger partial charge in [0.05, 0.1) is 5.92 Å². The molecule has 0 spiro atoms. The monoisotopic (exact) mass is 373 g/mol. The van der Waals surface area contributed by atoms with Crippen molar-refractivity contribution >= 4 is 17.3 Å². The fourth-order valence-corrected chi connectivity index (χ4v) is 3.36. The Bertz CT molecular complexity index is 591. The van der Waals surface area contributed by atoms with Gasteiger partial charge in [-0.05, 0) is 30.6 Å². The molecule has 0 radical (unpaired) electrons. The van der Waals surface area contributed by atoms with Gasteiger partial charge in [-0.2, -0.15) is 0 Å². The number of hydrogen-bond donors (Lipinski definition) is 2. The molecule has 0 aromatic rings. The number of ketones is 3. The fraction of sp³-hybridized carbons (Fsp3) is 0.762. The Morgan fingerprint density at radius 3 is 1.96 bits per heavy atom. The van der Waals surface area contributed by atoms with Crippen LogP contribution in [-0.2, 0) is 14.4 Å². The molecule has 1 aliphatic carbocycles. The summed E-state index contributed by atoms with van der Waals surface area (Å²) in [6, 6.07) is 0. The molecule has 5 nitrogen and oxygen atoms in total. The summed E-state index contributed by atoms with van der Waals surface area (Å²) in [6.07, 6.45) is 1.60. The third kappa shape index (κ3) is 6.04. The second-order valence-corrected chi connectivity index (χ2v) is 8.75. The van der Waals surface area contributed by atoms with Crippen molar-refractivity contribution in [2.75, 3.05) is 0 Å². The topological polar surface area (TPSA) is 91.7 Å². The zero-order chi connectivity index (χ0) is 20.2. The van der Waals surface area contributed by atoms with Crippen molar-refractivity contribution in [2.45, 2.75) is 79.2 Å². The third-order valence-electron chi connectivity index (χ3n) is 4.94. The molecule has 6 heteroatoms. The molecular weight excluding hydrogens is 339 g/mol. The van der Waals surface area contributed by atoms with Crippen LogP contribution in [0.3, 0.4) is 0 Å². The van der Waals surface area contributed by atoms with E-state index in [0.717, 1.165) is 0 Å². The first-order chi connectivity index (χ1) is 11.9. The quantitative estimate of drug-likeness (QED) is 0.436. The predicted octanol–water partition coefficient (Wildman–Crippen LogP) is 0.789. The van der Waals surface area contributed by atoms with Crippen LogP contribution in [0.25, 0.3) is 0 Å². The van der Waals surface area contributed by atoms with Gasteiger partial charge in [-0.15, -0.1) is 0 Å². The van der Waals surface area contributed by atoms with Crippen molar-refractivity contribution < 1.29 is 43.5 Å². The van der Waals surface area contributed by atoms with Crippen LogP contribution in [0, 0.1) is 23.7 Å². The van der Waals surface area contributed by atoms with Gasteiger partial charge in [0.15, 0.2) is 23.0 Å². The number of Topliss-reactive ketones (excluding diaryl/α,β-unsaturated/α-hetero) is 3. The van der Waals surface area contributed by atoms with E-state index in [1.165, 1.54) is 0 Å². The maximum Gasteiger partial charge on any atom is 1.00 e. The van der Waals surface area contributed by atoms with Crippen molar-refractivity contribution in [3.63, 3.8) is 0 Å². The molecule has 0 aromatic carbocycles. The van der Waals surface area contributed by atoms with Crippen LogP contribution in [0.4, 0.5) is 0 Å². The Hall–Kier alpha value is -0.893. The molecule has 27 heavy (non-hydrogen) atoms. The standard InChI is InChI=1S/C21H34O5.Li/c1-12(2)7-9-15-19(24)18(16(22)11-14(5)6)20(25)21(15,26)17(23)10-8-13(3)4;/h12-15,25-26H,7-11H2,1-6H3;/q;+1/t15-,21+;/m0./s1. The molecule has 1 aliphatic rings. The van der Waals surface area contributed by atoms with Gasteiger partial charge in [0, 0.05) is 12.8 Å². The van der Waals surface area contributed by atoms with E-state index in [2.05, 4.69) is 0 Å². The molecule has 0 heterocycles. The summed E-state index contributed by atoms with van der Waals surface area (Å²) < 4.78 is 0. The third-order valence-corrected chi connectivity index (χ3v) is 4.94. The van der Waals surface area contributed by atoms with Crippen LogP contribution >= 0.6 is 0 Å². The van der Waals surface area contributed by atoms with E-state index < -0.39 is 34.6 Å². The molecule has 0 bridgehead atoms. The van der Waals surface area contributed by atoms with E-state index in [0.29, 0.717) is 12.8 Å². The fourth-order valence-electron chi connectivity index (χ4n) is 3.36. The number of hydrogen-bond acceptors (Lipinski definition) is 5. The summed E-state index contributed by atoms with van der Waals surface area (Å²) >= 11 is 0. The van der Waals surface area contributed by atoms with Crippen LogP contribution in [-0.4, -0.2) is 33.2 Å². The first-order valence-corrected chi connectivity index (χ1v) is 9.69. The average Bonchev–Trinajstić information content (AvgIpc) is 2.69. The van der Waals surface area contributed by atoms with Gasteiger partial charge in [0.2, 0.25) is 0 Å². The maximum absolute atomic E-state index is 12.9. The van der Waals surface area contributed by atoms with E-state index in [9.17, 15) is 24.6 Å². The zero-order valence-electron chi connectivity index (χ0n) is 18.0. The van der Waals surface area contributed by atoms with Crippen LogP contribution in [0.1, 0.15) is 73.6 Å². The van der Waals surface area contributed by atoms with Gasteiger partial charge < -0.3 is 10.2 Å². The van der Waals surface area contributed by atoms with Crippen molar-refractivity contribution in [2.24, 2.45) is 23.7 Å². The van der Waals surface area contributed by atoms with Gasteiger partial charge >= 0.3 is 18.9 Å². The molecule has 0 aromatic heterocycles. The van der Waals surface area contributed by atoms with Crippen LogP contribution < -0.4 is 18.9 Å². The molecule has 0 saturated carbocycles. The van der Waals surface area contributed by atoms with E-state index in [1.54, 1.807) is 0 Å². The summed E-state index contributed by atoms with van der Waals surface area (Å²) in [6.45, 7) is 11.6. The minimum Gasteiger partial charge on any atom is -0.508 e. The predicted molar refractivity (Wildman–Crippen MR) is 101 cm³/mol. The van der Waals surface area contributed by atoms with E-state index in [4.69, 9.17) is 0 Å². The SMILES string of the molecule is CC(C)CCC(=O)[C@@]1(O)C(O)=C(C(=O)CC(C)C)C(=O)[C@@H]1CCC(C)C.[Li+]. The van der Waals surface area contributed by atoms with Gasteiger partial charge in [-0.3, -0.25) is 14.4 Å². The van der Waals surface area contributed by atoms with Crippen LogP contribution in [0.2, 0.25) is 0 Å². The maximum atomic E-state index is 12.9. The van der Waals surface area contributed by atoms with Crippen molar-refractivity contribution in [1.82, 2.24) is 0 Å². The molecule has 2 atom stereocenters. The van der Waals surface area contributed by atoms with Gasteiger partial charge in [0.25, 0.3) is 0 Å². The van der Waals surface area contributed by atoms with Crippen molar-refractivity contribution in [3.05, 3.63) is 11.3 Å². The largest absolute Gasteiger partial charge is 1.00 e. The number of rotatable bonds is 10. The summed E-state index contributed by atoms with van der Waals surface area (Å²) in [5.74, 6) is -2.92. The number of aliphatic hydroxyl groups excluding tert-OH is 1. The minimum absolute atomic E-state index is 0. The summed E-state index contributed by atoms with van der Waals surface area (Å²) in [4.78, 5) is 38.1. The first-order valence-electron chi connectivity index (χ1n) is 9.69. The van der Waals surface area contributed by atoms with Crippen LogP contribution in [0.15, 0.2) is 11.3 Å². The molecule has 0 saturated heterocycles. The molecule has 1 rings (SSSR count). The second-order valence-electron chi connectivity index (χ2n) is 8.75. The van der Waals surface area contributed by atoms with Gasteiger partial charge in [-0.1, -0.05) is 48.0 Å². The average molecular weight is 373 g/mol. The molecule has 0 unspecified atom stereocenters. The summed E-state index contributed by atoms with van der Waals surface area (Å²) in [5.41, 5.74) is -2.63. The Kier molecular flexibility index (Phi) is 10.2. The molecule has 0 amide bonds. The van der Waals surface area contributed by atoms with E-state index in [-0.39, 0.29) is 61.4 Å². The second kappa shape index (κ2) is 10.6. The Morgan fingerprint density at radius 1 is 1.00 bits per heavy atom. The zero-order valence-corrected chi connectivity index (χ0v) is 18.0. The first kappa shape index (κ1) is 26.1. The molecular formula is C21H34LiO5+. The van der Waals surface area contributed by atoms with Crippen molar-refractivity contribution in [1.29, 1.82) is 0 Å². The number of carbonyl (C=O) groups excluding carboxylic acids is 3. The summed E-state index contributed by atoms with van der Waals surface area (Å²) in [7, 11) is 0. The normalized spacial score (nSPS) is 22.7. The van der Waals surface area contributed by atoms with Crippen LogP contribution in [0.5, 0.6) is 0 Å².